The highest BCUT2D eigenvalue weighted by Crippen LogP contribution is 2.26. The number of piperazine rings is 1. The Balaban J connectivity index is 1.42. The van der Waals surface area contributed by atoms with Crippen molar-refractivity contribution in [3.8, 4) is 5.75 Å². The third kappa shape index (κ3) is 5.84. The molecule has 3 rings (SSSR count). The van der Waals surface area contributed by atoms with Gasteiger partial charge in [-0.2, -0.15) is 4.31 Å². The molecule has 10 heteroatoms. The fourth-order valence-corrected chi connectivity index (χ4v) is 4.71. The normalized spacial score (nSPS) is 15.1. The molecular formula is C20H23ClFN3O4S. The Morgan fingerprint density at radius 2 is 1.73 bits per heavy atom. The van der Waals surface area contributed by atoms with Crippen LogP contribution in [-0.2, 0) is 14.8 Å². The second-order valence-electron chi connectivity index (χ2n) is 6.72. The summed E-state index contributed by atoms with van der Waals surface area (Å²) in [6, 6.07) is 13.2. The number of nitrogens with zero attached hydrogens (tertiary/aromatic N) is 2. The van der Waals surface area contributed by atoms with Gasteiger partial charge in [-0.05, 0) is 24.3 Å². The van der Waals surface area contributed by atoms with Crippen LogP contribution in [0.25, 0.3) is 0 Å². The van der Waals surface area contributed by atoms with Gasteiger partial charge in [-0.15, -0.1) is 0 Å². The molecule has 1 aliphatic heterocycles. The Morgan fingerprint density at radius 3 is 2.43 bits per heavy atom. The van der Waals surface area contributed by atoms with Gasteiger partial charge in [-0.25, -0.2) is 12.8 Å². The minimum atomic E-state index is -3.51. The fraction of sp³-hybridized carbons (Fsp3) is 0.350. The molecule has 1 fully saturated rings. The molecule has 1 aliphatic rings. The Kier molecular flexibility index (Phi) is 7.52. The molecule has 1 amide bonds. The van der Waals surface area contributed by atoms with E-state index in [9.17, 15) is 17.6 Å². The highest BCUT2D eigenvalue weighted by atomic mass is 35.5. The second-order valence-corrected chi connectivity index (χ2v) is 9.22. The predicted octanol–water partition coefficient (Wildman–Crippen LogP) is 2.13. The molecular weight excluding hydrogens is 433 g/mol. The quantitative estimate of drug-likeness (QED) is 0.659. The third-order valence-corrected chi connectivity index (χ3v) is 6.89. The van der Waals surface area contributed by atoms with Crippen LogP contribution in [0.3, 0.4) is 0 Å². The summed E-state index contributed by atoms with van der Waals surface area (Å²) in [4.78, 5) is 13.9. The molecule has 0 bridgehead atoms. The molecule has 162 valence electrons. The van der Waals surface area contributed by atoms with Crippen LogP contribution in [0, 0.1) is 5.82 Å². The highest BCUT2D eigenvalue weighted by molar-refractivity contribution is 7.89. The predicted molar refractivity (Wildman–Crippen MR) is 114 cm³/mol. The maximum atomic E-state index is 13.5. The molecule has 0 aromatic heterocycles. The van der Waals surface area contributed by atoms with E-state index in [4.69, 9.17) is 16.3 Å². The van der Waals surface area contributed by atoms with Crippen LogP contribution in [0.4, 0.5) is 10.1 Å². The molecule has 30 heavy (non-hydrogen) atoms. The molecule has 0 saturated carbocycles. The largest absolute Gasteiger partial charge is 0.481 e. The number of carbonyl (C=O) groups excluding carboxylic acids is 1. The molecule has 0 spiro atoms. The molecule has 7 nitrogen and oxygen atoms in total. The monoisotopic (exact) mass is 455 g/mol. The van der Waals surface area contributed by atoms with Gasteiger partial charge in [0.1, 0.15) is 0 Å². The molecule has 0 aliphatic carbocycles. The van der Waals surface area contributed by atoms with E-state index in [0.29, 0.717) is 31.2 Å². The number of halogens is 2. The highest BCUT2D eigenvalue weighted by Gasteiger charge is 2.27. The summed E-state index contributed by atoms with van der Waals surface area (Å²) in [7, 11) is -3.51. The maximum absolute atomic E-state index is 13.5. The van der Waals surface area contributed by atoms with Crippen LogP contribution < -0.4 is 15.0 Å². The number of amides is 1. The molecule has 2 aromatic rings. The number of rotatable bonds is 8. The van der Waals surface area contributed by atoms with Crippen LogP contribution in [0.5, 0.6) is 5.75 Å². The summed E-state index contributed by atoms with van der Waals surface area (Å²) in [5.74, 6) is -1.33. The van der Waals surface area contributed by atoms with Crippen molar-refractivity contribution in [3.63, 3.8) is 0 Å². The minimum absolute atomic E-state index is 0.0309. The topological polar surface area (TPSA) is 78.9 Å². The number of sulfonamides is 1. The van der Waals surface area contributed by atoms with E-state index in [1.54, 1.807) is 12.1 Å². The Labute approximate surface area is 180 Å². The molecule has 1 saturated heterocycles. The minimum Gasteiger partial charge on any atom is -0.481 e. The van der Waals surface area contributed by atoms with Crippen molar-refractivity contribution in [2.24, 2.45) is 0 Å². The van der Waals surface area contributed by atoms with Gasteiger partial charge in [0.2, 0.25) is 10.0 Å². The van der Waals surface area contributed by atoms with Crippen LogP contribution in [0.2, 0.25) is 5.02 Å². The first-order chi connectivity index (χ1) is 14.4. The lowest BCUT2D eigenvalue weighted by Crippen LogP contribution is -2.50. The average molecular weight is 456 g/mol. The van der Waals surface area contributed by atoms with E-state index in [-0.39, 0.29) is 18.0 Å². The Bertz CT molecular complexity index is 982. The number of ether oxygens (including phenoxy) is 1. The first kappa shape index (κ1) is 22.3. The zero-order valence-corrected chi connectivity index (χ0v) is 17.8. The fourth-order valence-electron chi connectivity index (χ4n) is 3.12. The van der Waals surface area contributed by atoms with Gasteiger partial charge in [0.25, 0.3) is 5.91 Å². The van der Waals surface area contributed by atoms with E-state index >= 15 is 0 Å². The van der Waals surface area contributed by atoms with E-state index in [1.165, 1.54) is 22.5 Å². The van der Waals surface area contributed by atoms with Crippen molar-refractivity contribution >= 4 is 33.2 Å². The molecule has 1 N–H and O–H groups in total. The standard InChI is InChI=1S/C20H23ClFN3O4S/c21-16-5-1-3-7-18(16)24-10-12-25(13-11-24)30(27,28)14-9-23-20(26)15-29-19-8-4-2-6-17(19)22/h1-8H,9-15H2,(H,23,26). The SMILES string of the molecule is O=C(COc1ccccc1F)NCCS(=O)(=O)N1CCN(c2ccccc2Cl)CC1. The number of para-hydroxylation sites is 2. The van der Waals surface area contributed by atoms with Crippen molar-refractivity contribution in [1.82, 2.24) is 9.62 Å². The molecule has 0 unspecified atom stereocenters. The summed E-state index contributed by atoms with van der Waals surface area (Å²) >= 11 is 6.21. The van der Waals surface area contributed by atoms with Crippen molar-refractivity contribution in [2.45, 2.75) is 0 Å². The number of carbonyl (C=O) groups is 1. The molecule has 0 radical (unpaired) electrons. The van der Waals surface area contributed by atoms with Crippen LogP contribution in [0.15, 0.2) is 48.5 Å². The molecule has 0 atom stereocenters. The van der Waals surface area contributed by atoms with Crippen molar-refractivity contribution in [2.75, 3.05) is 50.0 Å². The van der Waals surface area contributed by atoms with Crippen molar-refractivity contribution in [1.29, 1.82) is 0 Å². The van der Waals surface area contributed by atoms with Crippen molar-refractivity contribution < 1.29 is 22.3 Å². The van der Waals surface area contributed by atoms with Gasteiger partial charge >= 0.3 is 0 Å². The van der Waals surface area contributed by atoms with Gasteiger partial charge in [0.15, 0.2) is 18.2 Å². The number of hydrogen-bond acceptors (Lipinski definition) is 5. The zero-order valence-electron chi connectivity index (χ0n) is 16.3. The van der Waals surface area contributed by atoms with Gasteiger partial charge in [-0.3, -0.25) is 4.79 Å². The van der Waals surface area contributed by atoms with Gasteiger partial charge in [0, 0.05) is 32.7 Å². The Hall–Kier alpha value is -2.36. The maximum Gasteiger partial charge on any atom is 0.257 e. The van der Waals surface area contributed by atoms with E-state index < -0.39 is 28.4 Å². The van der Waals surface area contributed by atoms with E-state index in [0.717, 1.165) is 5.69 Å². The zero-order chi connectivity index (χ0) is 21.6. The smallest absolute Gasteiger partial charge is 0.257 e. The van der Waals surface area contributed by atoms with Crippen LogP contribution >= 0.6 is 11.6 Å². The summed E-state index contributed by atoms with van der Waals surface area (Å²) in [5, 5.41) is 3.12. The van der Waals surface area contributed by atoms with Crippen LogP contribution in [-0.4, -0.2) is 63.7 Å². The van der Waals surface area contributed by atoms with Crippen LogP contribution in [0.1, 0.15) is 0 Å². The van der Waals surface area contributed by atoms with Gasteiger partial charge < -0.3 is 15.0 Å². The summed E-state index contributed by atoms with van der Waals surface area (Å²) in [5.41, 5.74) is 0.887. The van der Waals surface area contributed by atoms with Gasteiger partial charge in [-0.1, -0.05) is 35.9 Å². The lowest BCUT2D eigenvalue weighted by atomic mass is 10.2. The lowest BCUT2D eigenvalue weighted by Gasteiger charge is -2.35. The summed E-state index contributed by atoms with van der Waals surface area (Å²) in [6.07, 6.45) is 0. The van der Waals surface area contributed by atoms with E-state index in [1.807, 2.05) is 18.2 Å². The summed E-state index contributed by atoms with van der Waals surface area (Å²) in [6.45, 7) is 1.32. The Morgan fingerprint density at radius 1 is 1.07 bits per heavy atom. The number of hydrogen-bond donors (Lipinski definition) is 1. The van der Waals surface area contributed by atoms with E-state index in [2.05, 4.69) is 10.2 Å². The second kappa shape index (κ2) is 10.1. The number of anilines is 1. The van der Waals surface area contributed by atoms with Gasteiger partial charge in [0.05, 0.1) is 16.5 Å². The first-order valence-corrected chi connectivity index (χ1v) is 11.5. The average Bonchev–Trinajstić information content (AvgIpc) is 2.73. The number of nitrogens with one attached hydrogen (secondary N) is 1. The lowest BCUT2D eigenvalue weighted by molar-refractivity contribution is -0.123. The first-order valence-electron chi connectivity index (χ1n) is 9.48. The van der Waals surface area contributed by atoms with Crippen molar-refractivity contribution in [3.05, 3.63) is 59.4 Å². The molecule has 1 heterocycles. The number of benzene rings is 2. The molecule has 2 aromatic carbocycles. The third-order valence-electron chi connectivity index (χ3n) is 4.70. The summed E-state index contributed by atoms with van der Waals surface area (Å²) < 4.78 is 45.1.